The van der Waals surface area contributed by atoms with E-state index in [-0.39, 0.29) is 79.4 Å². The maximum atomic E-state index is 14.8. The summed E-state index contributed by atoms with van der Waals surface area (Å²) in [5.74, 6) is 1.51. The molecule has 0 saturated carbocycles. The minimum absolute atomic E-state index is 0.00781. The Morgan fingerprint density at radius 1 is 0.961 bits per heavy atom. The minimum atomic E-state index is -5.86. The van der Waals surface area contributed by atoms with Crippen LogP contribution < -0.4 is 16.0 Å². The highest BCUT2D eigenvalue weighted by Gasteiger charge is 2.51. The van der Waals surface area contributed by atoms with Gasteiger partial charge in [-0.05, 0) is 66.0 Å². The van der Waals surface area contributed by atoms with Crippen molar-refractivity contribution < 1.29 is 71.0 Å². The fraction of sp³-hybridized carbons (Fsp3) is 0.434. The molecule has 2 unspecified atom stereocenters. The smallest absolute Gasteiger partial charge is 0.370 e. The maximum Gasteiger partial charge on any atom is 0.399 e. The van der Waals surface area contributed by atoms with Crippen LogP contribution in [0.25, 0.3) is 10.1 Å². The lowest BCUT2D eigenvalue weighted by Crippen LogP contribution is -2.58. The lowest BCUT2D eigenvalue weighted by atomic mass is 9.85. The van der Waals surface area contributed by atoms with Crippen molar-refractivity contribution in [2.45, 2.75) is 102 Å². The number of carbonyl (C=O) groups excluding carboxylic acids is 8. The molecular formula is C53H57F2N6O13PS. The number of nitrogens with one attached hydrogen (secondary N) is 3. The SMILES string of the molecule is CC(C)(C)C(NC(=O)c1cc2cc(C(F)(F)P(=O)(O)O)ccc2s1)C(=O)N1C[C@@H](OCC(=O)NCCCCCC#Cc2cccc3c2C(=O)N(C2CCC(=O)NC2=O)C3=O)C[C@H]1C(=O)N1CCO[C@H](c2ccccc2)C1. The van der Waals surface area contributed by atoms with E-state index in [0.29, 0.717) is 42.5 Å². The molecule has 76 heavy (non-hydrogen) atoms. The molecule has 402 valence electrons. The topological polar surface area (TPSA) is 258 Å². The largest absolute Gasteiger partial charge is 0.399 e. The van der Waals surface area contributed by atoms with Crippen LogP contribution in [0.2, 0.25) is 0 Å². The number of likely N-dealkylation sites (tertiary alicyclic amines) is 1. The van der Waals surface area contributed by atoms with Gasteiger partial charge in [-0.25, -0.2) is 0 Å². The Hall–Kier alpha value is -6.73. The fourth-order valence-electron chi connectivity index (χ4n) is 9.62. The van der Waals surface area contributed by atoms with Crippen molar-refractivity contribution in [1.29, 1.82) is 0 Å². The van der Waals surface area contributed by atoms with Crippen LogP contribution in [0.15, 0.2) is 72.8 Å². The first kappa shape index (κ1) is 55.5. The highest BCUT2D eigenvalue weighted by atomic mass is 32.1. The molecule has 23 heteroatoms. The van der Waals surface area contributed by atoms with Crippen LogP contribution in [0.1, 0.15) is 119 Å². The number of unbranched alkanes of at least 4 members (excludes halogenated alkanes) is 3. The average Bonchev–Trinajstić information content (AvgIpc) is 4.09. The molecule has 3 fully saturated rings. The van der Waals surface area contributed by atoms with Gasteiger partial charge in [0.25, 0.3) is 17.7 Å². The lowest BCUT2D eigenvalue weighted by molar-refractivity contribution is -0.150. The fourth-order valence-corrected chi connectivity index (χ4v) is 11.0. The normalized spacial score (nSPS) is 20.5. The molecule has 0 aliphatic carbocycles. The van der Waals surface area contributed by atoms with Crippen molar-refractivity contribution in [2.75, 3.05) is 39.4 Å². The van der Waals surface area contributed by atoms with Gasteiger partial charge in [0.15, 0.2) is 0 Å². The highest BCUT2D eigenvalue weighted by molar-refractivity contribution is 7.52. The van der Waals surface area contributed by atoms with Crippen molar-refractivity contribution in [3.63, 3.8) is 0 Å². The number of carbonyl (C=O) groups is 8. The molecule has 4 aliphatic heterocycles. The molecule has 8 amide bonds. The van der Waals surface area contributed by atoms with Gasteiger partial charge in [-0.15, -0.1) is 11.3 Å². The van der Waals surface area contributed by atoms with Crippen LogP contribution >= 0.6 is 18.9 Å². The molecule has 0 bridgehead atoms. The number of benzene rings is 3. The summed E-state index contributed by atoms with van der Waals surface area (Å²) in [6.45, 7) is 5.74. The quantitative estimate of drug-likeness (QED) is 0.0430. The second kappa shape index (κ2) is 22.9. The zero-order valence-electron chi connectivity index (χ0n) is 41.8. The predicted molar refractivity (Wildman–Crippen MR) is 272 cm³/mol. The second-order valence-corrected chi connectivity index (χ2v) is 22.8. The Bertz CT molecular complexity index is 3080. The van der Waals surface area contributed by atoms with Crippen LogP contribution in [-0.4, -0.2) is 135 Å². The first-order chi connectivity index (χ1) is 36.0. The maximum absolute atomic E-state index is 14.8. The van der Waals surface area contributed by atoms with E-state index in [2.05, 4.69) is 27.8 Å². The van der Waals surface area contributed by atoms with Crippen LogP contribution in [0.4, 0.5) is 8.78 Å². The number of morpholine rings is 1. The summed E-state index contributed by atoms with van der Waals surface area (Å²) in [6, 6.07) is 15.1. The zero-order chi connectivity index (χ0) is 54.7. The Kier molecular flexibility index (Phi) is 16.7. The number of ether oxygens (including phenoxy) is 2. The number of amides is 8. The van der Waals surface area contributed by atoms with Gasteiger partial charge < -0.3 is 39.7 Å². The van der Waals surface area contributed by atoms with Crippen LogP contribution in [-0.2, 0) is 43.7 Å². The van der Waals surface area contributed by atoms with Crippen molar-refractivity contribution in [1.82, 2.24) is 30.7 Å². The average molecular weight is 1090 g/mol. The number of rotatable bonds is 16. The van der Waals surface area contributed by atoms with Crippen LogP contribution in [0.5, 0.6) is 0 Å². The molecular weight excluding hydrogens is 1030 g/mol. The molecule has 3 saturated heterocycles. The number of imide groups is 2. The Morgan fingerprint density at radius 2 is 1.72 bits per heavy atom. The molecule has 5 atom stereocenters. The van der Waals surface area contributed by atoms with E-state index in [1.807, 2.05) is 30.3 Å². The van der Waals surface area contributed by atoms with Gasteiger partial charge in [0.2, 0.25) is 29.5 Å². The van der Waals surface area contributed by atoms with Crippen molar-refractivity contribution in [3.05, 3.63) is 105 Å². The van der Waals surface area contributed by atoms with Crippen LogP contribution in [0.3, 0.4) is 0 Å². The van der Waals surface area contributed by atoms with E-state index < -0.39 is 95.9 Å². The van der Waals surface area contributed by atoms with Crippen molar-refractivity contribution in [2.24, 2.45) is 5.41 Å². The van der Waals surface area contributed by atoms with E-state index in [1.54, 1.807) is 37.8 Å². The number of nitrogens with zero attached hydrogens (tertiary/aromatic N) is 3. The van der Waals surface area contributed by atoms with E-state index >= 15 is 0 Å². The molecule has 3 aromatic carbocycles. The van der Waals surface area contributed by atoms with Gasteiger partial charge in [0.05, 0.1) is 35.3 Å². The first-order valence-electron chi connectivity index (χ1n) is 24.8. The number of halogens is 2. The number of hydrogen-bond donors (Lipinski definition) is 5. The Morgan fingerprint density at radius 3 is 2.45 bits per heavy atom. The van der Waals surface area contributed by atoms with Crippen molar-refractivity contribution in [3.8, 4) is 11.8 Å². The van der Waals surface area contributed by atoms with E-state index in [0.717, 1.165) is 33.9 Å². The van der Waals surface area contributed by atoms with Crippen molar-refractivity contribution >= 4 is 76.3 Å². The Balaban J connectivity index is 0.872. The molecule has 0 radical (unpaired) electrons. The van der Waals surface area contributed by atoms with E-state index in [1.165, 1.54) is 23.1 Å². The molecule has 19 nitrogen and oxygen atoms in total. The van der Waals surface area contributed by atoms with Gasteiger partial charge in [-0.3, -0.25) is 53.1 Å². The standard InChI is InChI=1S/C53H57F2N6O13PS/c1-52(2,3)45(58-47(65)41-26-33-25-34(18-20-40(33)76-41)53(54,55)75(70,71)72)51(69)60-28-35(27-38(60)49(67)59-23-24-73-39(29-59)31-13-9-7-10-14-31)74-30-43(63)56-22-11-6-4-5-8-15-32-16-12-17-36-44(32)50(68)61(48(36)66)37-19-21-42(62)57-46(37)64/h7,9-10,12-14,16-18,20,25-26,35,37-39,45H,4-6,11,19,21-24,27-30H2,1-3H3,(H,56,63)(H,58,65)(H,57,62,64)(H2,70,71,72)/t35-,37?,38-,39-,45?/m0/s1. The second-order valence-electron chi connectivity index (χ2n) is 20.1. The zero-order valence-corrected chi connectivity index (χ0v) is 43.6. The minimum Gasteiger partial charge on any atom is -0.370 e. The monoisotopic (exact) mass is 1090 g/mol. The van der Waals surface area contributed by atoms with Gasteiger partial charge in [-0.1, -0.05) is 81.5 Å². The molecule has 4 aliphatic rings. The van der Waals surface area contributed by atoms with Gasteiger partial charge in [0.1, 0.15) is 30.8 Å². The van der Waals surface area contributed by atoms with E-state index in [4.69, 9.17) is 9.47 Å². The molecule has 0 spiro atoms. The summed E-state index contributed by atoms with van der Waals surface area (Å²) in [4.78, 5) is 129. The molecule has 5 N–H and O–H groups in total. The summed E-state index contributed by atoms with van der Waals surface area (Å²) in [6.07, 6.45) is 1.31. The molecule has 5 heterocycles. The number of alkyl halides is 2. The third-order valence-corrected chi connectivity index (χ3v) is 15.8. The van der Waals surface area contributed by atoms with Gasteiger partial charge in [-0.2, -0.15) is 8.78 Å². The van der Waals surface area contributed by atoms with Gasteiger partial charge >= 0.3 is 13.3 Å². The summed E-state index contributed by atoms with van der Waals surface area (Å²) < 4.78 is 53.2. The highest BCUT2D eigenvalue weighted by Crippen LogP contribution is 2.59. The van der Waals surface area contributed by atoms with E-state index in [9.17, 15) is 61.5 Å². The lowest BCUT2D eigenvalue weighted by Gasteiger charge is -2.38. The summed E-state index contributed by atoms with van der Waals surface area (Å²) in [5, 5.41) is 7.94. The number of hydrogen-bond acceptors (Lipinski definition) is 12. The van der Waals surface area contributed by atoms with Gasteiger partial charge in [0, 0.05) is 54.7 Å². The Labute approximate surface area is 440 Å². The number of thiophene rings is 1. The number of piperidine rings is 1. The summed E-state index contributed by atoms with van der Waals surface area (Å²) >= 11 is 0.932. The third-order valence-electron chi connectivity index (χ3n) is 13.7. The molecule has 4 aromatic rings. The predicted octanol–water partition coefficient (Wildman–Crippen LogP) is 4.99. The van der Waals surface area contributed by atoms with Crippen LogP contribution in [0, 0.1) is 17.3 Å². The molecule has 8 rings (SSSR count). The summed E-state index contributed by atoms with van der Waals surface area (Å²) in [7, 11) is -5.86. The molecule has 1 aromatic heterocycles. The third kappa shape index (κ3) is 12.1. The number of fused-ring (bicyclic) bond motifs is 2. The first-order valence-corrected chi connectivity index (χ1v) is 27.2. The summed E-state index contributed by atoms with van der Waals surface area (Å²) in [5.41, 5.74) is -4.85.